The van der Waals surface area contributed by atoms with E-state index < -0.39 is 0 Å². The van der Waals surface area contributed by atoms with Crippen LogP contribution in [0, 0.1) is 0 Å². The highest BCUT2D eigenvalue weighted by Crippen LogP contribution is 2.22. The molecule has 1 unspecified atom stereocenters. The fourth-order valence-corrected chi connectivity index (χ4v) is 2.31. The van der Waals surface area contributed by atoms with Crippen molar-refractivity contribution < 1.29 is 14.7 Å². The second-order valence-corrected chi connectivity index (χ2v) is 4.41. The molecular formula is C13H17N3O3. The first-order valence-electron chi connectivity index (χ1n) is 6.10. The largest absolute Gasteiger partial charge is 0.497 e. The van der Waals surface area contributed by atoms with Gasteiger partial charge in [-0.1, -0.05) is 11.2 Å². The lowest BCUT2D eigenvalue weighted by Gasteiger charge is -2.23. The van der Waals surface area contributed by atoms with Crippen LogP contribution in [0.4, 0.5) is 0 Å². The van der Waals surface area contributed by atoms with Crippen molar-refractivity contribution in [2.75, 3.05) is 13.7 Å². The number of nitrogens with two attached hydrogens (primary N) is 1. The summed E-state index contributed by atoms with van der Waals surface area (Å²) in [4.78, 5) is 14.1. The van der Waals surface area contributed by atoms with E-state index in [2.05, 4.69) is 5.16 Å². The Balaban J connectivity index is 2.23. The SMILES string of the molecule is COc1cccc(C(=O)N2CCCC2C(N)=NO)c1. The van der Waals surface area contributed by atoms with Crippen molar-refractivity contribution in [3.8, 4) is 5.75 Å². The molecule has 1 heterocycles. The number of likely N-dealkylation sites (tertiary alicyclic amines) is 1. The van der Waals surface area contributed by atoms with Gasteiger partial charge in [0, 0.05) is 12.1 Å². The number of ether oxygens (including phenoxy) is 1. The predicted octanol–water partition coefficient (Wildman–Crippen LogP) is 1.05. The Morgan fingerprint density at radius 1 is 1.58 bits per heavy atom. The van der Waals surface area contributed by atoms with Crippen molar-refractivity contribution in [1.29, 1.82) is 0 Å². The zero-order valence-corrected chi connectivity index (χ0v) is 10.7. The minimum absolute atomic E-state index is 0.0775. The number of carbonyl (C=O) groups is 1. The van der Waals surface area contributed by atoms with E-state index in [0.717, 1.165) is 6.42 Å². The van der Waals surface area contributed by atoms with Gasteiger partial charge in [0.1, 0.15) is 5.75 Å². The van der Waals surface area contributed by atoms with Gasteiger partial charge in [0.15, 0.2) is 5.84 Å². The first kappa shape index (κ1) is 13.2. The third-order valence-electron chi connectivity index (χ3n) is 3.29. The van der Waals surface area contributed by atoms with E-state index in [4.69, 9.17) is 15.7 Å². The van der Waals surface area contributed by atoms with Crippen molar-refractivity contribution in [3.63, 3.8) is 0 Å². The van der Waals surface area contributed by atoms with E-state index >= 15 is 0 Å². The monoisotopic (exact) mass is 263 g/mol. The molecule has 1 aliphatic heterocycles. The Morgan fingerprint density at radius 3 is 3.05 bits per heavy atom. The average Bonchev–Trinajstić information content (AvgIpc) is 2.95. The predicted molar refractivity (Wildman–Crippen MR) is 70.5 cm³/mol. The highest BCUT2D eigenvalue weighted by atomic mass is 16.5. The van der Waals surface area contributed by atoms with Gasteiger partial charge in [-0.25, -0.2) is 0 Å². The molecule has 1 aromatic carbocycles. The Hall–Kier alpha value is -2.24. The van der Waals surface area contributed by atoms with E-state index in [9.17, 15) is 4.79 Å². The van der Waals surface area contributed by atoms with Gasteiger partial charge in [0.05, 0.1) is 13.2 Å². The Morgan fingerprint density at radius 2 is 2.37 bits per heavy atom. The van der Waals surface area contributed by atoms with Crippen LogP contribution < -0.4 is 10.5 Å². The van der Waals surface area contributed by atoms with Crippen molar-refractivity contribution in [2.24, 2.45) is 10.9 Å². The molecule has 0 aromatic heterocycles. The molecular weight excluding hydrogens is 246 g/mol. The van der Waals surface area contributed by atoms with Gasteiger partial charge in [-0.2, -0.15) is 0 Å². The quantitative estimate of drug-likeness (QED) is 0.369. The molecule has 1 fully saturated rings. The summed E-state index contributed by atoms with van der Waals surface area (Å²) in [5.41, 5.74) is 6.16. The lowest BCUT2D eigenvalue weighted by atomic mass is 10.1. The zero-order valence-electron chi connectivity index (χ0n) is 10.7. The molecule has 6 nitrogen and oxygen atoms in total. The standard InChI is InChI=1S/C13H17N3O3/c1-19-10-5-2-4-9(8-10)13(17)16-7-3-6-11(16)12(14)15-18/h2,4-5,8,11,18H,3,6-7H2,1H3,(H2,14,15). The van der Waals surface area contributed by atoms with Crippen LogP contribution >= 0.6 is 0 Å². The minimum atomic E-state index is -0.330. The van der Waals surface area contributed by atoms with Gasteiger partial charge in [-0.15, -0.1) is 0 Å². The second-order valence-electron chi connectivity index (χ2n) is 4.41. The van der Waals surface area contributed by atoms with E-state index in [1.54, 1.807) is 36.3 Å². The molecule has 0 radical (unpaired) electrons. The fourth-order valence-electron chi connectivity index (χ4n) is 2.31. The van der Waals surface area contributed by atoms with Crippen LogP contribution in [0.3, 0.4) is 0 Å². The van der Waals surface area contributed by atoms with E-state index in [1.807, 2.05) is 0 Å². The summed E-state index contributed by atoms with van der Waals surface area (Å²) in [5.74, 6) is 0.576. The maximum absolute atomic E-state index is 12.4. The van der Waals surface area contributed by atoms with Crippen molar-refractivity contribution in [2.45, 2.75) is 18.9 Å². The molecule has 6 heteroatoms. The number of benzene rings is 1. The molecule has 1 atom stereocenters. The molecule has 0 bridgehead atoms. The molecule has 102 valence electrons. The van der Waals surface area contributed by atoms with Gasteiger partial charge in [-0.05, 0) is 31.0 Å². The summed E-state index contributed by atoms with van der Waals surface area (Å²) >= 11 is 0. The van der Waals surface area contributed by atoms with Gasteiger partial charge in [-0.3, -0.25) is 4.79 Å². The van der Waals surface area contributed by atoms with Gasteiger partial charge in [0.25, 0.3) is 5.91 Å². The maximum Gasteiger partial charge on any atom is 0.254 e. The lowest BCUT2D eigenvalue weighted by molar-refractivity contribution is 0.0767. The van der Waals surface area contributed by atoms with E-state index in [0.29, 0.717) is 24.3 Å². The van der Waals surface area contributed by atoms with Crippen LogP contribution in [0.15, 0.2) is 29.4 Å². The first-order chi connectivity index (χ1) is 9.17. The topological polar surface area (TPSA) is 88.2 Å². The molecule has 3 N–H and O–H groups in total. The summed E-state index contributed by atoms with van der Waals surface area (Å²) in [7, 11) is 1.55. The number of amides is 1. The van der Waals surface area contributed by atoms with Crippen LogP contribution in [-0.2, 0) is 0 Å². The molecule has 1 amide bonds. The number of amidine groups is 1. The van der Waals surface area contributed by atoms with Crippen LogP contribution in [0.2, 0.25) is 0 Å². The van der Waals surface area contributed by atoms with Crippen LogP contribution in [0.25, 0.3) is 0 Å². The summed E-state index contributed by atoms with van der Waals surface area (Å²) in [6.07, 6.45) is 1.56. The normalized spacial score (nSPS) is 19.5. The molecule has 1 saturated heterocycles. The molecule has 0 saturated carbocycles. The molecule has 2 rings (SSSR count). The summed E-state index contributed by atoms with van der Waals surface area (Å²) in [6.45, 7) is 0.608. The van der Waals surface area contributed by atoms with Gasteiger partial charge < -0.3 is 20.6 Å². The Kier molecular flexibility index (Phi) is 3.89. The number of carbonyl (C=O) groups excluding carboxylic acids is 1. The number of hydrogen-bond donors (Lipinski definition) is 2. The molecule has 0 aliphatic carbocycles. The Labute approximate surface area is 111 Å². The van der Waals surface area contributed by atoms with Gasteiger partial charge >= 0.3 is 0 Å². The van der Waals surface area contributed by atoms with Crippen LogP contribution in [-0.4, -0.2) is 41.5 Å². The number of rotatable bonds is 3. The number of hydrogen-bond acceptors (Lipinski definition) is 4. The second kappa shape index (κ2) is 5.60. The average molecular weight is 263 g/mol. The minimum Gasteiger partial charge on any atom is -0.497 e. The van der Waals surface area contributed by atoms with Crippen LogP contribution in [0.1, 0.15) is 23.2 Å². The van der Waals surface area contributed by atoms with Crippen LogP contribution in [0.5, 0.6) is 5.75 Å². The number of methoxy groups -OCH3 is 1. The highest BCUT2D eigenvalue weighted by Gasteiger charge is 2.32. The lowest BCUT2D eigenvalue weighted by Crippen LogP contribution is -2.43. The molecule has 1 aromatic rings. The smallest absolute Gasteiger partial charge is 0.254 e. The summed E-state index contributed by atoms with van der Waals surface area (Å²) in [6, 6.07) is 6.63. The first-order valence-corrected chi connectivity index (χ1v) is 6.10. The Bertz CT molecular complexity index is 502. The zero-order chi connectivity index (χ0) is 13.8. The fraction of sp³-hybridized carbons (Fsp3) is 0.385. The molecule has 19 heavy (non-hydrogen) atoms. The van der Waals surface area contributed by atoms with E-state index in [-0.39, 0.29) is 17.8 Å². The highest BCUT2D eigenvalue weighted by molar-refractivity contribution is 5.98. The maximum atomic E-state index is 12.4. The number of oxime groups is 1. The van der Waals surface area contributed by atoms with Gasteiger partial charge in [0.2, 0.25) is 0 Å². The van der Waals surface area contributed by atoms with Crippen molar-refractivity contribution >= 4 is 11.7 Å². The van der Waals surface area contributed by atoms with Crippen molar-refractivity contribution in [1.82, 2.24) is 4.90 Å². The summed E-state index contributed by atoms with van der Waals surface area (Å²) < 4.78 is 5.10. The molecule has 1 aliphatic rings. The molecule has 0 spiro atoms. The third kappa shape index (κ3) is 2.62. The summed E-state index contributed by atoms with van der Waals surface area (Å²) in [5, 5.41) is 11.8. The van der Waals surface area contributed by atoms with Crippen molar-refractivity contribution in [3.05, 3.63) is 29.8 Å². The number of nitrogens with zero attached hydrogens (tertiary/aromatic N) is 2. The van der Waals surface area contributed by atoms with E-state index in [1.165, 1.54) is 0 Å². The third-order valence-corrected chi connectivity index (χ3v) is 3.29.